The zero-order valence-corrected chi connectivity index (χ0v) is 15.4. The summed E-state index contributed by atoms with van der Waals surface area (Å²) in [5.41, 5.74) is 0.0856. The molecule has 3 aromatic rings. The van der Waals surface area contributed by atoms with Gasteiger partial charge in [-0.2, -0.15) is 18.2 Å². The number of ether oxygens (including phenoxy) is 1. The van der Waals surface area contributed by atoms with Gasteiger partial charge in [-0.25, -0.2) is 4.98 Å². The van der Waals surface area contributed by atoms with Gasteiger partial charge in [0.25, 0.3) is 0 Å². The number of aliphatic hydroxyl groups excluding tert-OH is 1. The van der Waals surface area contributed by atoms with E-state index in [1.807, 2.05) is 12.1 Å². The maximum atomic E-state index is 12.8. The average Bonchev–Trinajstić information content (AvgIpc) is 2.72. The standard InChI is InChI=1S/C20H19F3N4O2/c1-29-16-7-3-6-15(11-16)26-19-24-9-8-18(27-19)25-12-17(28)13-4-2-5-14(10-13)20(21,22)23/h2-11,17,28H,12H2,1H3,(H2,24,25,26,27). The van der Waals surface area contributed by atoms with Crippen LogP contribution in [0.25, 0.3) is 0 Å². The summed E-state index contributed by atoms with van der Waals surface area (Å²) in [6.07, 6.45) is -4.08. The molecule has 3 rings (SSSR count). The molecule has 6 nitrogen and oxygen atoms in total. The minimum atomic E-state index is -4.46. The van der Waals surface area contributed by atoms with Crippen molar-refractivity contribution in [1.29, 1.82) is 0 Å². The summed E-state index contributed by atoms with van der Waals surface area (Å²) >= 11 is 0. The topological polar surface area (TPSA) is 79.3 Å². The van der Waals surface area contributed by atoms with Crippen LogP contribution in [0.15, 0.2) is 60.8 Å². The van der Waals surface area contributed by atoms with Gasteiger partial charge in [0.15, 0.2) is 0 Å². The summed E-state index contributed by atoms with van der Waals surface area (Å²) in [7, 11) is 1.57. The van der Waals surface area contributed by atoms with Crippen molar-refractivity contribution in [1.82, 2.24) is 9.97 Å². The Morgan fingerprint density at radius 1 is 1.10 bits per heavy atom. The number of methoxy groups -OCH3 is 1. The third kappa shape index (κ3) is 5.58. The van der Waals surface area contributed by atoms with Gasteiger partial charge in [0.1, 0.15) is 11.6 Å². The molecule has 0 saturated heterocycles. The van der Waals surface area contributed by atoms with Crippen LogP contribution < -0.4 is 15.4 Å². The van der Waals surface area contributed by atoms with Crippen molar-refractivity contribution in [3.8, 4) is 5.75 Å². The number of aromatic nitrogens is 2. The van der Waals surface area contributed by atoms with Crippen LogP contribution in [-0.2, 0) is 6.18 Å². The van der Waals surface area contributed by atoms with Crippen molar-refractivity contribution >= 4 is 17.5 Å². The Morgan fingerprint density at radius 2 is 1.90 bits per heavy atom. The summed E-state index contributed by atoms with van der Waals surface area (Å²) in [4.78, 5) is 8.40. The predicted molar refractivity (Wildman–Crippen MR) is 103 cm³/mol. The number of nitrogens with zero attached hydrogens (tertiary/aromatic N) is 2. The molecule has 0 bridgehead atoms. The molecule has 0 spiro atoms. The number of anilines is 3. The van der Waals surface area contributed by atoms with Crippen LogP contribution in [0.2, 0.25) is 0 Å². The van der Waals surface area contributed by atoms with E-state index in [4.69, 9.17) is 4.74 Å². The first-order valence-electron chi connectivity index (χ1n) is 8.68. The molecule has 0 fully saturated rings. The Labute approximate surface area is 165 Å². The Kier molecular flexibility index (Phi) is 6.18. The first-order valence-corrected chi connectivity index (χ1v) is 8.68. The van der Waals surface area contributed by atoms with Crippen LogP contribution in [0, 0.1) is 0 Å². The maximum absolute atomic E-state index is 12.8. The Bertz CT molecular complexity index is 966. The van der Waals surface area contributed by atoms with Crippen molar-refractivity contribution < 1.29 is 23.0 Å². The zero-order chi connectivity index (χ0) is 20.9. The van der Waals surface area contributed by atoms with Crippen LogP contribution in [0.3, 0.4) is 0 Å². The van der Waals surface area contributed by atoms with Gasteiger partial charge in [-0.05, 0) is 35.9 Å². The molecule has 1 heterocycles. The van der Waals surface area contributed by atoms with E-state index in [2.05, 4.69) is 20.6 Å². The molecular weight excluding hydrogens is 385 g/mol. The highest BCUT2D eigenvalue weighted by molar-refractivity contribution is 5.57. The van der Waals surface area contributed by atoms with Gasteiger partial charge in [0.2, 0.25) is 5.95 Å². The average molecular weight is 404 g/mol. The fraction of sp³-hybridized carbons (Fsp3) is 0.200. The molecule has 9 heteroatoms. The molecule has 0 aliphatic carbocycles. The normalized spacial score (nSPS) is 12.3. The van der Waals surface area contributed by atoms with Gasteiger partial charge in [0.05, 0.1) is 18.8 Å². The monoisotopic (exact) mass is 404 g/mol. The Balaban J connectivity index is 1.64. The van der Waals surface area contributed by atoms with Gasteiger partial charge in [0, 0.05) is 24.5 Å². The van der Waals surface area contributed by atoms with Crippen LogP contribution in [-0.4, -0.2) is 28.7 Å². The third-order valence-corrected chi connectivity index (χ3v) is 4.06. The lowest BCUT2D eigenvalue weighted by Crippen LogP contribution is -2.14. The van der Waals surface area contributed by atoms with Gasteiger partial charge in [-0.15, -0.1) is 0 Å². The van der Waals surface area contributed by atoms with Crippen molar-refractivity contribution in [2.24, 2.45) is 0 Å². The van der Waals surface area contributed by atoms with E-state index in [1.165, 1.54) is 18.3 Å². The Morgan fingerprint density at radius 3 is 2.66 bits per heavy atom. The second-order valence-corrected chi connectivity index (χ2v) is 6.14. The molecule has 0 aliphatic rings. The van der Waals surface area contributed by atoms with Gasteiger partial charge in [-0.3, -0.25) is 0 Å². The molecule has 0 amide bonds. The lowest BCUT2D eigenvalue weighted by molar-refractivity contribution is -0.137. The largest absolute Gasteiger partial charge is 0.497 e. The van der Waals surface area contributed by atoms with E-state index in [0.717, 1.165) is 17.8 Å². The zero-order valence-electron chi connectivity index (χ0n) is 15.4. The molecule has 152 valence electrons. The highest BCUT2D eigenvalue weighted by atomic mass is 19.4. The second kappa shape index (κ2) is 8.78. The van der Waals surface area contributed by atoms with Crippen molar-refractivity contribution in [3.63, 3.8) is 0 Å². The molecule has 0 saturated carbocycles. The molecule has 3 N–H and O–H groups in total. The summed E-state index contributed by atoms with van der Waals surface area (Å²) in [6.45, 7) is -0.0169. The summed E-state index contributed by atoms with van der Waals surface area (Å²) < 4.78 is 43.6. The summed E-state index contributed by atoms with van der Waals surface area (Å²) in [6, 6.07) is 13.4. The molecule has 0 radical (unpaired) electrons. The smallest absolute Gasteiger partial charge is 0.416 e. The minimum absolute atomic E-state index is 0.0169. The molecule has 29 heavy (non-hydrogen) atoms. The van der Waals surface area contributed by atoms with E-state index in [1.54, 1.807) is 25.3 Å². The van der Waals surface area contributed by atoms with Crippen LogP contribution >= 0.6 is 0 Å². The quantitative estimate of drug-likeness (QED) is 0.542. The van der Waals surface area contributed by atoms with E-state index >= 15 is 0 Å². The molecule has 2 aromatic carbocycles. The lowest BCUT2D eigenvalue weighted by Gasteiger charge is -2.15. The number of halogens is 3. The number of nitrogens with one attached hydrogen (secondary N) is 2. The fourth-order valence-corrected chi connectivity index (χ4v) is 2.59. The number of hydrogen-bond donors (Lipinski definition) is 3. The minimum Gasteiger partial charge on any atom is -0.497 e. The predicted octanol–water partition coefficient (Wildman–Crippen LogP) is 4.39. The van der Waals surface area contributed by atoms with Gasteiger partial charge in [-0.1, -0.05) is 18.2 Å². The van der Waals surface area contributed by atoms with E-state index in [0.29, 0.717) is 17.5 Å². The number of alkyl halides is 3. The molecular formula is C20H19F3N4O2. The molecule has 1 aromatic heterocycles. The Hall–Kier alpha value is -3.33. The van der Waals surface area contributed by atoms with E-state index in [9.17, 15) is 18.3 Å². The van der Waals surface area contributed by atoms with Gasteiger partial charge < -0.3 is 20.5 Å². The van der Waals surface area contributed by atoms with E-state index in [-0.39, 0.29) is 12.1 Å². The molecule has 1 unspecified atom stereocenters. The third-order valence-electron chi connectivity index (χ3n) is 4.06. The van der Waals surface area contributed by atoms with Crippen LogP contribution in [0.1, 0.15) is 17.2 Å². The van der Waals surface area contributed by atoms with Crippen LogP contribution in [0.5, 0.6) is 5.75 Å². The highest BCUT2D eigenvalue weighted by Crippen LogP contribution is 2.30. The van der Waals surface area contributed by atoms with Crippen molar-refractivity contribution in [3.05, 3.63) is 71.9 Å². The highest BCUT2D eigenvalue weighted by Gasteiger charge is 2.30. The SMILES string of the molecule is COc1cccc(Nc2nccc(NCC(O)c3cccc(C(F)(F)F)c3)n2)c1. The number of rotatable bonds is 7. The second-order valence-electron chi connectivity index (χ2n) is 6.14. The molecule has 0 aliphatic heterocycles. The van der Waals surface area contributed by atoms with Gasteiger partial charge >= 0.3 is 6.18 Å². The van der Waals surface area contributed by atoms with Crippen molar-refractivity contribution in [2.45, 2.75) is 12.3 Å². The lowest BCUT2D eigenvalue weighted by atomic mass is 10.1. The number of aliphatic hydroxyl groups is 1. The first-order chi connectivity index (χ1) is 13.8. The number of benzene rings is 2. The van der Waals surface area contributed by atoms with Crippen molar-refractivity contribution in [2.75, 3.05) is 24.3 Å². The fourth-order valence-electron chi connectivity index (χ4n) is 2.59. The van der Waals surface area contributed by atoms with Crippen LogP contribution in [0.4, 0.5) is 30.6 Å². The summed E-state index contributed by atoms with van der Waals surface area (Å²) in [5.74, 6) is 1.40. The molecule has 1 atom stereocenters. The first kappa shape index (κ1) is 20.4. The number of hydrogen-bond acceptors (Lipinski definition) is 6. The summed E-state index contributed by atoms with van der Waals surface area (Å²) in [5, 5.41) is 16.2. The van der Waals surface area contributed by atoms with E-state index < -0.39 is 17.8 Å². The maximum Gasteiger partial charge on any atom is 0.416 e.